The standard InChI is InChI=1S/C24H19F3N4O4/c1-14-8-22(29-30(14)11-15-6-7-19(26)20(27)9-15)24(34)35-13-17-10-21(23(32)33)28-31(17)12-16-4-2-3-5-18(16)25/h2-10H,11-13H2,1H3,(H,32,33). The smallest absolute Gasteiger partial charge is 0.359 e. The molecule has 180 valence electrons. The number of rotatable bonds is 8. The summed E-state index contributed by atoms with van der Waals surface area (Å²) in [4.78, 5) is 23.9. The lowest BCUT2D eigenvalue weighted by Crippen LogP contribution is -2.13. The molecule has 0 saturated heterocycles. The highest BCUT2D eigenvalue weighted by atomic mass is 19.2. The number of ether oxygens (including phenoxy) is 1. The minimum atomic E-state index is -1.28. The van der Waals surface area contributed by atoms with Crippen molar-refractivity contribution in [2.45, 2.75) is 26.6 Å². The van der Waals surface area contributed by atoms with Crippen molar-refractivity contribution >= 4 is 11.9 Å². The minimum absolute atomic E-state index is 0.0243. The molecule has 2 heterocycles. The Morgan fingerprint density at radius 3 is 2.34 bits per heavy atom. The van der Waals surface area contributed by atoms with E-state index in [1.807, 2.05) is 0 Å². The van der Waals surface area contributed by atoms with Crippen LogP contribution in [0.1, 0.15) is 43.5 Å². The van der Waals surface area contributed by atoms with Gasteiger partial charge in [-0.2, -0.15) is 10.2 Å². The van der Waals surface area contributed by atoms with Crippen LogP contribution < -0.4 is 0 Å². The molecule has 1 N–H and O–H groups in total. The fourth-order valence-electron chi connectivity index (χ4n) is 3.40. The van der Waals surface area contributed by atoms with E-state index in [0.29, 0.717) is 11.3 Å². The van der Waals surface area contributed by atoms with Crippen molar-refractivity contribution in [2.24, 2.45) is 0 Å². The van der Waals surface area contributed by atoms with Gasteiger partial charge in [0.25, 0.3) is 0 Å². The number of carbonyl (C=O) groups is 2. The topological polar surface area (TPSA) is 99.2 Å². The van der Waals surface area contributed by atoms with Crippen molar-refractivity contribution in [1.82, 2.24) is 19.6 Å². The maximum absolute atomic E-state index is 14.1. The lowest BCUT2D eigenvalue weighted by Gasteiger charge is -2.09. The average molecular weight is 484 g/mol. The molecule has 2 aromatic carbocycles. The average Bonchev–Trinajstić information content (AvgIpc) is 3.40. The van der Waals surface area contributed by atoms with Gasteiger partial charge in [-0.1, -0.05) is 24.3 Å². The number of halogens is 3. The van der Waals surface area contributed by atoms with Gasteiger partial charge < -0.3 is 9.84 Å². The molecule has 4 aromatic rings. The molecule has 0 amide bonds. The number of hydrogen-bond donors (Lipinski definition) is 1. The molecule has 0 aliphatic carbocycles. The number of esters is 1. The van der Waals surface area contributed by atoms with E-state index in [1.165, 1.54) is 45.8 Å². The summed E-state index contributed by atoms with van der Waals surface area (Å²) in [5.41, 5.74) is 1.26. The van der Waals surface area contributed by atoms with E-state index >= 15 is 0 Å². The van der Waals surface area contributed by atoms with Crippen LogP contribution in [-0.2, 0) is 24.4 Å². The molecular weight excluding hydrogens is 465 g/mol. The summed E-state index contributed by atoms with van der Waals surface area (Å²) in [5, 5.41) is 17.4. The number of aryl methyl sites for hydroxylation is 1. The Morgan fingerprint density at radius 1 is 0.886 bits per heavy atom. The van der Waals surface area contributed by atoms with Crippen LogP contribution in [0.15, 0.2) is 54.6 Å². The van der Waals surface area contributed by atoms with Gasteiger partial charge in [0.15, 0.2) is 23.0 Å². The van der Waals surface area contributed by atoms with Crippen molar-refractivity contribution in [3.63, 3.8) is 0 Å². The maximum Gasteiger partial charge on any atom is 0.359 e. The molecule has 0 radical (unpaired) electrons. The van der Waals surface area contributed by atoms with Crippen LogP contribution in [0, 0.1) is 24.4 Å². The Bertz CT molecular complexity index is 1410. The van der Waals surface area contributed by atoms with Gasteiger partial charge in [0.2, 0.25) is 0 Å². The number of aromatic carboxylic acids is 1. The summed E-state index contributed by atoms with van der Waals surface area (Å²) in [6, 6.07) is 12.2. The molecule has 35 heavy (non-hydrogen) atoms. The Morgan fingerprint density at radius 2 is 1.63 bits per heavy atom. The highest BCUT2D eigenvalue weighted by Crippen LogP contribution is 2.15. The van der Waals surface area contributed by atoms with Crippen molar-refractivity contribution in [3.8, 4) is 0 Å². The van der Waals surface area contributed by atoms with Crippen LogP contribution in [0.4, 0.5) is 13.2 Å². The number of hydrogen-bond acceptors (Lipinski definition) is 5. The summed E-state index contributed by atoms with van der Waals surface area (Å²) in [7, 11) is 0. The van der Waals surface area contributed by atoms with Gasteiger partial charge in [0, 0.05) is 11.3 Å². The molecule has 0 fully saturated rings. The monoisotopic (exact) mass is 484 g/mol. The van der Waals surface area contributed by atoms with Crippen LogP contribution in [-0.4, -0.2) is 36.6 Å². The first-order valence-corrected chi connectivity index (χ1v) is 10.4. The van der Waals surface area contributed by atoms with E-state index in [1.54, 1.807) is 13.0 Å². The third-order valence-corrected chi connectivity index (χ3v) is 5.22. The van der Waals surface area contributed by atoms with Crippen molar-refractivity contribution in [3.05, 3.63) is 106 Å². The third kappa shape index (κ3) is 5.40. The van der Waals surface area contributed by atoms with Crippen LogP contribution in [0.3, 0.4) is 0 Å². The summed E-state index contributed by atoms with van der Waals surface area (Å²) in [5.74, 6) is -4.50. The lowest BCUT2D eigenvalue weighted by molar-refractivity contribution is 0.0454. The molecule has 0 spiro atoms. The number of carboxylic acids is 1. The first kappa shape index (κ1) is 23.7. The molecule has 8 nitrogen and oxygen atoms in total. The predicted molar refractivity (Wildman–Crippen MR) is 116 cm³/mol. The van der Waals surface area contributed by atoms with Gasteiger partial charge >= 0.3 is 11.9 Å². The van der Waals surface area contributed by atoms with E-state index < -0.39 is 29.4 Å². The summed E-state index contributed by atoms with van der Waals surface area (Å²) >= 11 is 0. The van der Waals surface area contributed by atoms with E-state index in [4.69, 9.17) is 4.74 Å². The van der Waals surface area contributed by atoms with E-state index in [9.17, 15) is 27.9 Å². The minimum Gasteiger partial charge on any atom is -0.476 e. The zero-order chi connectivity index (χ0) is 25.1. The van der Waals surface area contributed by atoms with Gasteiger partial charge in [-0.3, -0.25) is 9.36 Å². The highest BCUT2D eigenvalue weighted by molar-refractivity contribution is 5.87. The van der Waals surface area contributed by atoms with Crippen LogP contribution in [0.2, 0.25) is 0 Å². The second kappa shape index (κ2) is 9.84. The molecule has 0 saturated carbocycles. The van der Waals surface area contributed by atoms with Crippen LogP contribution in [0.25, 0.3) is 0 Å². The zero-order valence-electron chi connectivity index (χ0n) is 18.4. The second-order valence-corrected chi connectivity index (χ2v) is 7.73. The quantitative estimate of drug-likeness (QED) is 0.380. The Labute approximate surface area is 197 Å². The van der Waals surface area contributed by atoms with Gasteiger partial charge in [-0.15, -0.1) is 0 Å². The fourth-order valence-corrected chi connectivity index (χ4v) is 3.40. The largest absolute Gasteiger partial charge is 0.476 e. The third-order valence-electron chi connectivity index (χ3n) is 5.22. The lowest BCUT2D eigenvalue weighted by atomic mass is 10.2. The van der Waals surface area contributed by atoms with Crippen LogP contribution in [0.5, 0.6) is 0 Å². The van der Waals surface area contributed by atoms with Crippen LogP contribution >= 0.6 is 0 Å². The second-order valence-electron chi connectivity index (χ2n) is 7.73. The normalized spacial score (nSPS) is 11.0. The molecule has 0 aliphatic rings. The Kier molecular flexibility index (Phi) is 6.67. The first-order valence-electron chi connectivity index (χ1n) is 10.4. The van der Waals surface area contributed by atoms with E-state index in [-0.39, 0.29) is 42.3 Å². The molecule has 2 aromatic heterocycles. The SMILES string of the molecule is Cc1cc(C(=O)OCc2cc(C(=O)O)nn2Cc2ccccc2F)nn1Cc1ccc(F)c(F)c1. The molecule has 11 heteroatoms. The summed E-state index contributed by atoms with van der Waals surface area (Å²) in [6.45, 7) is 1.40. The molecular formula is C24H19F3N4O4. The molecule has 0 bridgehead atoms. The molecule has 0 atom stereocenters. The number of nitrogens with zero attached hydrogens (tertiary/aromatic N) is 4. The first-order chi connectivity index (χ1) is 16.7. The molecule has 0 unspecified atom stereocenters. The Balaban J connectivity index is 1.48. The van der Waals surface area contributed by atoms with Crippen molar-refractivity contribution in [2.75, 3.05) is 0 Å². The zero-order valence-corrected chi connectivity index (χ0v) is 18.4. The van der Waals surface area contributed by atoms with Crippen molar-refractivity contribution in [1.29, 1.82) is 0 Å². The number of carboxylic acid groups (broad SMARTS) is 1. The number of benzene rings is 2. The fraction of sp³-hybridized carbons (Fsp3) is 0.167. The van der Waals surface area contributed by atoms with Gasteiger partial charge in [0.1, 0.15) is 12.4 Å². The van der Waals surface area contributed by atoms with E-state index in [0.717, 1.165) is 12.1 Å². The predicted octanol–water partition coefficient (Wildman–Crippen LogP) is 3.96. The molecule has 4 rings (SSSR count). The number of carbonyl (C=O) groups excluding carboxylic acids is 1. The highest BCUT2D eigenvalue weighted by Gasteiger charge is 2.19. The molecule has 0 aliphatic heterocycles. The van der Waals surface area contributed by atoms with Crippen molar-refractivity contribution < 1.29 is 32.6 Å². The summed E-state index contributed by atoms with van der Waals surface area (Å²) in [6.07, 6.45) is 0. The summed E-state index contributed by atoms with van der Waals surface area (Å²) < 4.78 is 48.7. The maximum atomic E-state index is 14.1. The van der Waals surface area contributed by atoms with Gasteiger partial charge in [-0.25, -0.2) is 22.8 Å². The van der Waals surface area contributed by atoms with Gasteiger partial charge in [-0.05, 0) is 42.8 Å². The Hall–Kier alpha value is -4.41. The van der Waals surface area contributed by atoms with E-state index in [2.05, 4.69) is 10.2 Å². The van der Waals surface area contributed by atoms with Gasteiger partial charge in [0.05, 0.1) is 18.8 Å². The number of aromatic nitrogens is 4.